The largest absolute Gasteiger partial charge is 0.332 e. The summed E-state index contributed by atoms with van der Waals surface area (Å²) < 4.78 is 22.9. The molecule has 0 radical (unpaired) electrons. The molecule has 0 bridgehead atoms. The number of benzene rings is 2. The lowest BCUT2D eigenvalue weighted by Gasteiger charge is -2.19. The maximum absolute atomic E-state index is 12.7. The van der Waals surface area contributed by atoms with Crippen molar-refractivity contribution in [2.24, 2.45) is 5.14 Å². The Kier molecular flexibility index (Phi) is 5.40. The van der Waals surface area contributed by atoms with E-state index in [2.05, 4.69) is 5.32 Å². The molecule has 2 aromatic carbocycles. The van der Waals surface area contributed by atoms with Gasteiger partial charge in [-0.1, -0.05) is 23.8 Å². The molecule has 1 saturated heterocycles. The minimum atomic E-state index is -3.93. The highest BCUT2D eigenvalue weighted by atomic mass is 32.2. The number of carbonyl (C=O) groups excluding carboxylic acids is 3. The lowest BCUT2D eigenvalue weighted by atomic mass is 10.2. The number of nitrogens with two attached hydrogens (primary N) is 1. The van der Waals surface area contributed by atoms with E-state index in [1.807, 2.05) is 19.1 Å². The van der Waals surface area contributed by atoms with Gasteiger partial charge in [0.25, 0.3) is 5.91 Å². The second-order valence-corrected chi connectivity index (χ2v) is 8.27. The van der Waals surface area contributed by atoms with Crippen LogP contribution in [0.25, 0.3) is 0 Å². The van der Waals surface area contributed by atoms with Gasteiger partial charge in [-0.15, -0.1) is 0 Å². The van der Waals surface area contributed by atoms with Gasteiger partial charge in [0.05, 0.1) is 4.90 Å². The predicted molar refractivity (Wildman–Crippen MR) is 107 cm³/mol. The smallest absolute Gasteiger partial charge is 0.324 e. The molecule has 0 aliphatic carbocycles. The first-order chi connectivity index (χ1) is 13.6. The number of carbonyl (C=O) groups is 3. The van der Waals surface area contributed by atoms with Gasteiger partial charge < -0.3 is 5.32 Å². The van der Waals surface area contributed by atoms with Gasteiger partial charge in [-0.3, -0.25) is 19.4 Å². The van der Waals surface area contributed by atoms with E-state index in [9.17, 15) is 22.8 Å². The standard InChI is InChI=1S/C19H20N4O5S/c1-12-6-8-15(9-7-12)23-13(2)18(25)22(19(23)26)11-17(24)21-14-4-3-5-16(10-14)29(20,27)28/h3-10,13H,11H2,1-2H3,(H,21,24)(H2,20,27,28)/t13-/m1/s1. The van der Waals surface area contributed by atoms with E-state index in [-0.39, 0.29) is 10.6 Å². The number of primary sulfonamides is 1. The van der Waals surface area contributed by atoms with E-state index in [4.69, 9.17) is 5.14 Å². The molecule has 0 unspecified atom stereocenters. The average Bonchev–Trinajstić information content (AvgIpc) is 2.86. The molecule has 1 fully saturated rings. The van der Waals surface area contributed by atoms with Crippen molar-refractivity contribution in [2.45, 2.75) is 24.8 Å². The quantitative estimate of drug-likeness (QED) is 0.713. The van der Waals surface area contributed by atoms with Gasteiger partial charge in [-0.2, -0.15) is 0 Å². The molecule has 2 aromatic rings. The summed E-state index contributed by atoms with van der Waals surface area (Å²) in [5.74, 6) is -1.14. The Morgan fingerprint density at radius 2 is 1.79 bits per heavy atom. The topological polar surface area (TPSA) is 130 Å². The SMILES string of the molecule is Cc1ccc(N2C(=O)N(CC(=O)Nc3cccc(S(N)(=O)=O)c3)C(=O)[C@H]2C)cc1. The number of sulfonamides is 1. The first kappa shape index (κ1) is 20.5. The molecular weight excluding hydrogens is 396 g/mol. The fourth-order valence-corrected chi connectivity index (χ4v) is 3.57. The van der Waals surface area contributed by atoms with Gasteiger partial charge in [0.2, 0.25) is 15.9 Å². The van der Waals surface area contributed by atoms with E-state index in [1.165, 1.54) is 29.2 Å². The maximum atomic E-state index is 12.7. The summed E-state index contributed by atoms with van der Waals surface area (Å²) in [6.07, 6.45) is 0. The highest BCUT2D eigenvalue weighted by Gasteiger charge is 2.44. The molecule has 1 atom stereocenters. The third kappa shape index (κ3) is 4.28. The van der Waals surface area contributed by atoms with Crippen LogP contribution in [0.15, 0.2) is 53.4 Å². The first-order valence-corrected chi connectivity index (χ1v) is 10.3. The average molecular weight is 416 g/mol. The Labute approximate surface area is 168 Å². The minimum absolute atomic E-state index is 0.164. The summed E-state index contributed by atoms with van der Waals surface area (Å²) in [5, 5.41) is 7.55. The van der Waals surface area contributed by atoms with Gasteiger partial charge in [0.15, 0.2) is 0 Å². The summed E-state index contributed by atoms with van der Waals surface area (Å²) in [6.45, 7) is 3.00. The van der Waals surface area contributed by atoms with E-state index in [0.717, 1.165) is 10.5 Å². The highest BCUT2D eigenvalue weighted by molar-refractivity contribution is 7.89. The fraction of sp³-hybridized carbons (Fsp3) is 0.211. The van der Waals surface area contributed by atoms with Crippen molar-refractivity contribution in [3.05, 3.63) is 54.1 Å². The molecule has 10 heteroatoms. The van der Waals surface area contributed by atoms with E-state index >= 15 is 0 Å². The van der Waals surface area contributed by atoms with E-state index in [1.54, 1.807) is 19.1 Å². The lowest BCUT2D eigenvalue weighted by Crippen LogP contribution is -2.39. The summed E-state index contributed by atoms with van der Waals surface area (Å²) in [4.78, 5) is 39.7. The van der Waals surface area contributed by atoms with E-state index < -0.39 is 40.5 Å². The third-order valence-electron chi connectivity index (χ3n) is 4.51. The number of imide groups is 1. The second kappa shape index (κ2) is 7.64. The Morgan fingerprint density at radius 1 is 1.14 bits per heavy atom. The van der Waals surface area contributed by atoms with Crippen LogP contribution >= 0.6 is 0 Å². The number of nitrogens with zero attached hydrogens (tertiary/aromatic N) is 2. The van der Waals surface area contributed by atoms with E-state index in [0.29, 0.717) is 5.69 Å². The lowest BCUT2D eigenvalue weighted by molar-refractivity contribution is -0.130. The van der Waals surface area contributed by atoms with Crippen LogP contribution in [0, 0.1) is 6.92 Å². The number of hydrogen-bond acceptors (Lipinski definition) is 5. The zero-order valence-corrected chi connectivity index (χ0v) is 16.6. The Morgan fingerprint density at radius 3 is 2.41 bits per heavy atom. The number of aryl methyl sites for hydroxylation is 1. The molecule has 1 aliphatic heterocycles. The molecule has 4 amide bonds. The van der Waals surface area contributed by atoms with Gasteiger partial charge >= 0.3 is 6.03 Å². The van der Waals surface area contributed by atoms with Crippen molar-refractivity contribution in [3.63, 3.8) is 0 Å². The summed E-state index contributed by atoms with van der Waals surface area (Å²) >= 11 is 0. The molecule has 0 spiro atoms. The van der Waals surface area contributed by atoms with Gasteiger partial charge in [0, 0.05) is 11.4 Å². The van der Waals surface area contributed by atoms with Crippen LogP contribution in [0.1, 0.15) is 12.5 Å². The highest BCUT2D eigenvalue weighted by Crippen LogP contribution is 2.26. The van der Waals surface area contributed by atoms with Gasteiger partial charge in [0.1, 0.15) is 12.6 Å². The molecule has 1 aliphatic rings. The van der Waals surface area contributed by atoms with Crippen molar-refractivity contribution in [1.82, 2.24) is 4.90 Å². The monoisotopic (exact) mass is 416 g/mol. The van der Waals surface area contributed by atoms with Crippen LogP contribution in [0.2, 0.25) is 0 Å². The second-order valence-electron chi connectivity index (χ2n) is 6.71. The number of rotatable bonds is 5. The van der Waals surface area contributed by atoms with Crippen LogP contribution in [0.3, 0.4) is 0 Å². The van der Waals surface area contributed by atoms with Crippen LogP contribution in [-0.4, -0.2) is 43.7 Å². The van der Waals surface area contributed by atoms with Gasteiger partial charge in [-0.05, 0) is 44.2 Å². The summed E-state index contributed by atoms with van der Waals surface area (Å²) in [6, 6.07) is 11.2. The number of hydrogen-bond donors (Lipinski definition) is 2. The first-order valence-electron chi connectivity index (χ1n) is 8.72. The maximum Gasteiger partial charge on any atom is 0.332 e. The third-order valence-corrected chi connectivity index (χ3v) is 5.42. The molecule has 29 heavy (non-hydrogen) atoms. The van der Waals surface area contributed by atoms with Gasteiger partial charge in [-0.25, -0.2) is 18.4 Å². The summed E-state index contributed by atoms with van der Waals surface area (Å²) in [7, 11) is -3.93. The molecule has 9 nitrogen and oxygen atoms in total. The molecule has 0 saturated carbocycles. The minimum Gasteiger partial charge on any atom is -0.324 e. The molecule has 3 rings (SSSR count). The molecule has 1 heterocycles. The Hall–Kier alpha value is -3.24. The van der Waals surface area contributed by atoms with Crippen molar-refractivity contribution < 1.29 is 22.8 Å². The van der Waals surface area contributed by atoms with Crippen LogP contribution in [-0.2, 0) is 19.6 Å². The normalized spacial score (nSPS) is 17.0. The Bertz CT molecular complexity index is 1080. The molecular formula is C19H20N4O5S. The fourth-order valence-electron chi connectivity index (χ4n) is 3.01. The predicted octanol–water partition coefficient (Wildman–Crippen LogP) is 1.44. The number of amides is 4. The van der Waals surface area contributed by atoms with Crippen LogP contribution in [0.4, 0.5) is 16.2 Å². The summed E-state index contributed by atoms with van der Waals surface area (Å²) in [5.41, 5.74) is 1.76. The Balaban J connectivity index is 1.74. The molecule has 3 N–H and O–H groups in total. The van der Waals surface area contributed by atoms with Crippen LogP contribution in [0.5, 0.6) is 0 Å². The van der Waals surface area contributed by atoms with Crippen molar-refractivity contribution >= 4 is 39.2 Å². The zero-order chi connectivity index (χ0) is 21.3. The number of nitrogens with one attached hydrogen (secondary N) is 1. The van der Waals surface area contributed by atoms with Crippen molar-refractivity contribution in [1.29, 1.82) is 0 Å². The number of anilines is 2. The van der Waals surface area contributed by atoms with Crippen LogP contribution < -0.4 is 15.4 Å². The van der Waals surface area contributed by atoms with Crippen molar-refractivity contribution in [3.8, 4) is 0 Å². The molecule has 0 aromatic heterocycles. The number of urea groups is 1. The zero-order valence-electron chi connectivity index (χ0n) is 15.8. The van der Waals surface area contributed by atoms with Crippen molar-refractivity contribution in [2.75, 3.05) is 16.8 Å². The molecule has 152 valence electrons.